The molecular weight excluding hydrogens is 365 g/mol. The Morgan fingerprint density at radius 2 is 2.00 bits per heavy atom. The summed E-state index contributed by atoms with van der Waals surface area (Å²) in [5.74, 6) is 0.699. The van der Waals surface area contributed by atoms with Crippen molar-refractivity contribution in [2.75, 3.05) is 0 Å². The number of nitrogens with zero attached hydrogens (tertiary/aromatic N) is 5. The third-order valence-electron chi connectivity index (χ3n) is 3.11. The lowest BCUT2D eigenvalue weighted by Crippen LogP contribution is -3.00. The number of hydrogen-bond donors (Lipinski definition) is 0. The van der Waals surface area contributed by atoms with Gasteiger partial charge in [0.1, 0.15) is 7.05 Å². The van der Waals surface area contributed by atoms with Crippen LogP contribution in [-0.2, 0) is 13.6 Å². The molecule has 5 nitrogen and oxygen atoms in total. The van der Waals surface area contributed by atoms with Crippen molar-refractivity contribution in [1.82, 2.24) is 20.2 Å². The second-order valence-corrected chi connectivity index (χ2v) is 4.88. The highest BCUT2D eigenvalue weighted by Crippen LogP contribution is 2.10. The van der Waals surface area contributed by atoms with Crippen LogP contribution >= 0.6 is 0 Å². The molecule has 0 fully saturated rings. The number of halogens is 1. The van der Waals surface area contributed by atoms with Crippen molar-refractivity contribution in [2.24, 2.45) is 7.05 Å². The highest BCUT2D eigenvalue weighted by molar-refractivity contribution is 5.50. The first-order chi connectivity index (χ1) is 9.29. The van der Waals surface area contributed by atoms with Gasteiger partial charge in [0.05, 0.1) is 12.1 Å². The van der Waals surface area contributed by atoms with E-state index in [0.717, 1.165) is 18.5 Å². The highest BCUT2D eigenvalue weighted by Gasteiger charge is 2.08. The molecule has 0 unspecified atom stereocenters. The van der Waals surface area contributed by atoms with Gasteiger partial charge in [-0.25, -0.2) is 4.57 Å². The first-order valence-electron chi connectivity index (χ1n) is 7.03. The smallest absolute Gasteiger partial charge is 0.210 e. The fourth-order valence-electron chi connectivity index (χ4n) is 2.03. The summed E-state index contributed by atoms with van der Waals surface area (Å²) in [5.41, 5.74) is 1.00. The summed E-state index contributed by atoms with van der Waals surface area (Å²) in [5, 5.41) is 12.6. The summed E-state index contributed by atoms with van der Waals surface area (Å²) in [7, 11) is 1.99. The van der Waals surface area contributed by atoms with E-state index < -0.39 is 0 Å². The van der Waals surface area contributed by atoms with Crippen LogP contribution in [0.5, 0.6) is 0 Å². The van der Waals surface area contributed by atoms with Gasteiger partial charge in [-0.2, -0.15) is 4.80 Å². The Hall–Kier alpha value is -1.05. The van der Waals surface area contributed by atoms with Gasteiger partial charge >= 0.3 is 0 Å². The number of aromatic nitrogens is 5. The summed E-state index contributed by atoms with van der Waals surface area (Å²) >= 11 is 0. The lowest BCUT2D eigenvalue weighted by atomic mass is 10.2. The molecule has 0 atom stereocenters. The molecule has 0 radical (unpaired) electrons. The van der Waals surface area contributed by atoms with Crippen LogP contribution in [0.25, 0.3) is 11.4 Å². The van der Waals surface area contributed by atoms with E-state index in [1.54, 1.807) is 4.80 Å². The van der Waals surface area contributed by atoms with Crippen LogP contribution in [0.3, 0.4) is 0 Å². The minimum Gasteiger partial charge on any atom is -1.00 e. The standard InChI is InChI=1S/C14H22N5.HI/c1-3-4-5-6-7-11-19-16-14(15-17-19)13-9-8-10-18(2)12-13;/h8-10,12H,3-7,11H2,1-2H3;1H/q+1;/p-1. The van der Waals surface area contributed by atoms with E-state index in [-0.39, 0.29) is 24.0 Å². The largest absolute Gasteiger partial charge is 1.00 e. The van der Waals surface area contributed by atoms with Crippen LogP contribution < -0.4 is 28.5 Å². The van der Waals surface area contributed by atoms with Crippen LogP contribution in [0.2, 0.25) is 0 Å². The molecule has 20 heavy (non-hydrogen) atoms. The second kappa shape index (κ2) is 8.99. The van der Waals surface area contributed by atoms with Crippen molar-refractivity contribution in [2.45, 2.75) is 45.6 Å². The normalized spacial score (nSPS) is 10.3. The summed E-state index contributed by atoms with van der Waals surface area (Å²) in [6.07, 6.45) is 10.2. The molecule has 0 saturated carbocycles. The first kappa shape index (κ1) is 17.0. The molecule has 0 aliphatic heterocycles. The molecule has 0 amide bonds. The van der Waals surface area contributed by atoms with E-state index in [4.69, 9.17) is 0 Å². The van der Waals surface area contributed by atoms with Crippen LogP contribution in [0, 0.1) is 0 Å². The van der Waals surface area contributed by atoms with Crippen molar-refractivity contribution < 1.29 is 28.5 Å². The van der Waals surface area contributed by atoms with E-state index in [1.807, 2.05) is 36.1 Å². The summed E-state index contributed by atoms with van der Waals surface area (Å²) in [6.45, 7) is 3.08. The Labute approximate surface area is 137 Å². The Morgan fingerprint density at radius 3 is 2.75 bits per heavy atom. The van der Waals surface area contributed by atoms with Crippen molar-refractivity contribution in [3.63, 3.8) is 0 Å². The molecule has 2 rings (SSSR count). The Bertz CT molecular complexity index is 512. The number of hydrogen-bond acceptors (Lipinski definition) is 3. The summed E-state index contributed by atoms with van der Waals surface area (Å²) in [4.78, 5) is 1.70. The molecule has 0 saturated heterocycles. The molecule has 0 aliphatic carbocycles. The van der Waals surface area contributed by atoms with Gasteiger partial charge in [0.15, 0.2) is 12.4 Å². The molecule has 0 N–H and O–H groups in total. The number of pyridine rings is 1. The van der Waals surface area contributed by atoms with Gasteiger partial charge in [-0.1, -0.05) is 32.6 Å². The molecule has 0 aliphatic rings. The monoisotopic (exact) mass is 387 g/mol. The van der Waals surface area contributed by atoms with Gasteiger partial charge in [0.25, 0.3) is 0 Å². The minimum absolute atomic E-state index is 0. The predicted molar refractivity (Wildman–Crippen MR) is 73.2 cm³/mol. The molecular formula is C14H22IN5. The summed E-state index contributed by atoms with van der Waals surface area (Å²) in [6, 6.07) is 3.99. The average Bonchev–Trinajstić information content (AvgIpc) is 2.87. The predicted octanol–water partition coefficient (Wildman–Crippen LogP) is -0.861. The number of unbranched alkanes of at least 4 members (excludes halogenated alkanes) is 4. The quantitative estimate of drug-likeness (QED) is 0.353. The van der Waals surface area contributed by atoms with Gasteiger partial charge < -0.3 is 24.0 Å². The average molecular weight is 387 g/mol. The molecule has 0 aromatic carbocycles. The lowest BCUT2D eigenvalue weighted by molar-refractivity contribution is -0.671. The second-order valence-electron chi connectivity index (χ2n) is 4.88. The van der Waals surface area contributed by atoms with Crippen molar-refractivity contribution in [1.29, 1.82) is 0 Å². The SMILES string of the molecule is CCCCCCCn1nnc(-c2ccc[n+](C)c2)n1.[I-]. The van der Waals surface area contributed by atoms with Gasteiger partial charge in [0.2, 0.25) is 5.82 Å². The van der Waals surface area contributed by atoms with Crippen molar-refractivity contribution in [3.8, 4) is 11.4 Å². The molecule has 110 valence electrons. The minimum atomic E-state index is 0. The number of aryl methyl sites for hydroxylation is 2. The zero-order valence-corrected chi connectivity index (χ0v) is 14.3. The Balaban J connectivity index is 0.00000200. The Morgan fingerprint density at radius 1 is 1.20 bits per heavy atom. The van der Waals surface area contributed by atoms with E-state index in [2.05, 4.69) is 22.3 Å². The van der Waals surface area contributed by atoms with E-state index in [0.29, 0.717) is 5.82 Å². The fourth-order valence-corrected chi connectivity index (χ4v) is 2.03. The van der Waals surface area contributed by atoms with Gasteiger partial charge in [-0.15, -0.1) is 10.2 Å². The third kappa shape index (κ3) is 5.15. The van der Waals surface area contributed by atoms with Gasteiger partial charge in [-0.05, 0) is 17.7 Å². The van der Waals surface area contributed by atoms with Crippen molar-refractivity contribution >= 4 is 0 Å². The summed E-state index contributed by atoms with van der Waals surface area (Å²) < 4.78 is 1.99. The van der Waals surface area contributed by atoms with Crippen molar-refractivity contribution in [3.05, 3.63) is 24.5 Å². The van der Waals surface area contributed by atoms with Crippen LogP contribution in [-0.4, -0.2) is 20.2 Å². The van der Waals surface area contributed by atoms with Crippen LogP contribution in [0.1, 0.15) is 39.0 Å². The maximum Gasteiger partial charge on any atom is 0.210 e. The maximum atomic E-state index is 4.42. The zero-order chi connectivity index (χ0) is 13.5. The molecule has 0 spiro atoms. The lowest BCUT2D eigenvalue weighted by Gasteiger charge is -1.98. The number of tetrazole rings is 1. The van der Waals surface area contributed by atoms with Gasteiger partial charge in [0, 0.05) is 6.07 Å². The van der Waals surface area contributed by atoms with E-state index in [9.17, 15) is 0 Å². The molecule has 6 heteroatoms. The first-order valence-corrected chi connectivity index (χ1v) is 7.03. The van der Waals surface area contributed by atoms with Crippen LogP contribution in [0.4, 0.5) is 0 Å². The Kier molecular flexibility index (Phi) is 7.64. The molecule has 2 aromatic heterocycles. The highest BCUT2D eigenvalue weighted by atomic mass is 127. The van der Waals surface area contributed by atoms with E-state index in [1.165, 1.54) is 25.7 Å². The third-order valence-corrected chi connectivity index (χ3v) is 3.11. The topological polar surface area (TPSA) is 47.5 Å². The maximum absolute atomic E-state index is 4.42. The van der Waals surface area contributed by atoms with E-state index >= 15 is 0 Å². The molecule has 2 aromatic rings. The number of rotatable bonds is 7. The fraction of sp³-hybridized carbons (Fsp3) is 0.571. The van der Waals surface area contributed by atoms with Gasteiger partial charge in [-0.3, -0.25) is 0 Å². The zero-order valence-electron chi connectivity index (χ0n) is 12.2. The molecule has 0 bridgehead atoms. The van der Waals surface area contributed by atoms with Crippen LogP contribution in [0.15, 0.2) is 24.5 Å². The molecule has 2 heterocycles.